The smallest absolute Gasteiger partial charge is 0.462 e. The quantitative estimate of drug-likeness (QED) is 0.0222. The van der Waals surface area contributed by atoms with Crippen LogP contribution < -0.4 is 0 Å². The third-order valence-corrected chi connectivity index (χ3v) is 21.0. The summed E-state index contributed by atoms with van der Waals surface area (Å²) in [5.74, 6) is -2.10. The monoisotopic (exact) mass is 1470 g/mol. The fourth-order valence-corrected chi connectivity index (χ4v) is 14.2. The molecule has 0 aromatic rings. The Kier molecular flexibility index (Phi) is 73.8. The van der Waals surface area contributed by atoms with E-state index in [4.69, 9.17) is 37.0 Å². The van der Waals surface area contributed by atoms with E-state index in [1.165, 1.54) is 270 Å². The lowest BCUT2D eigenvalue weighted by molar-refractivity contribution is -0.161. The molecule has 3 N–H and O–H groups in total. The van der Waals surface area contributed by atoms with Crippen LogP contribution in [0.1, 0.15) is 439 Å². The number of hydrogen-bond acceptors (Lipinski definition) is 15. The van der Waals surface area contributed by atoms with Gasteiger partial charge in [-0.05, 0) is 25.7 Å². The zero-order valence-electron chi connectivity index (χ0n) is 65.2. The molecule has 0 radical (unpaired) electrons. The van der Waals surface area contributed by atoms with E-state index in [1.54, 1.807) is 0 Å². The minimum Gasteiger partial charge on any atom is -0.462 e. The Morgan fingerprint density at radius 1 is 0.240 bits per heavy atom. The molecule has 17 nitrogen and oxygen atoms in total. The minimum absolute atomic E-state index is 0.109. The molecule has 0 aliphatic heterocycles. The maximum atomic E-state index is 13.1. The molecule has 0 saturated heterocycles. The van der Waals surface area contributed by atoms with Crippen molar-refractivity contribution in [2.45, 2.75) is 457 Å². The Bertz CT molecular complexity index is 1890. The van der Waals surface area contributed by atoms with Crippen molar-refractivity contribution in [1.82, 2.24) is 0 Å². The van der Waals surface area contributed by atoms with Crippen molar-refractivity contribution < 1.29 is 80.2 Å². The van der Waals surface area contributed by atoms with Gasteiger partial charge in [-0.15, -0.1) is 0 Å². The molecule has 0 aliphatic carbocycles. The van der Waals surface area contributed by atoms with Gasteiger partial charge in [0.15, 0.2) is 12.2 Å². The lowest BCUT2D eigenvalue weighted by Crippen LogP contribution is -2.30. The molecule has 0 aromatic carbocycles. The highest BCUT2D eigenvalue weighted by Crippen LogP contribution is 2.45. The van der Waals surface area contributed by atoms with Gasteiger partial charge in [0.05, 0.1) is 26.4 Å². The number of aliphatic hydroxyl groups is 1. The van der Waals surface area contributed by atoms with Crippen molar-refractivity contribution in [2.24, 2.45) is 0 Å². The first-order valence-corrected chi connectivity index (χ1v) is 45.3. The zero-order valence-corrected chi connectivity index (χ0v) is 67.0. The minimum atomic E-state index is -4.96. The SMILES string of the molecule is CCCCCCCCCCCCCCCCCCCCCCCC(=O)O[C@H](COC(=O)CCCCCCCCCCCCCCCC)COP(=O)(O)OC[C@@H](O)COP(=O)(O)OC[C@@H](COC(=O)CCCCCCCCCCCCCC)OC(=O)CCCCCCCCCCCCCCC. The molecule has 0 aliphatic rings. The van der Waals surface area contributed by atoms with Crippen LogP contribution in [0.3, 0.4) is 0 Å². The van der Waals surface area contributed by atoms with Crippen LogP contribution in [0.2, 0.25) is 0 Å². The number of ether oxygens (including phenoxy) is 4. The first-order valence-electron chi connectivity index (χ1n) is 42.3. The molecule has 0 heterocycles. The highest BCUT2D eigenvalue weighted by atomic mass is 31.2. The highest BCUT2D eigenvalue weighted by molar-refractivity contribution is 7.47. The van der Waals surface area contributed by atoms with E-state index >= 15 is 0 Å². The maximum absolute atomic E-state index is 13.1. The van der Waals surface area contributed by atoms with Gasteiger partial charge in [0, 0.05) is 25.7 Å². The van der Waals surface area contributed by atoms with Crippen LogP contribution in [-0.2, 0) is 65.4 Å². The Morgan fingerprint density at radius 3 is 0.590 bits per heavy atom. The van der Waals surface area contributed by atoms with Gasteiger partial charge >= 0.3 is 39.5 Å². The van der Waals surface area contributed by atoms with Gasteiger partial charge < -0.3 is 33.8 Å². The normalized spacial score (nSPS) is 13.8. The van der Waals surface area contributed by atoms with Crippen molar-refractivity contribution >= 4 is 39.5 Å². The summed E-state index contributed by atoms with van der Waals surface area (Å²) in [4.78, 5) is 73.0. The molecule has 594 valence electrons. The van der Waals surface area contributed by atoms with Crippen molar-refractivity contribution in [3.63, 3.8) is 0 Å². The van der Waals surface area contributed by atoms with Crippen LogP contribution in [0.15, 0.2) is 0 Å². The second kappa shape index (κ2) is 75.3. The van der Waals surface area contributed by atoms with Gasteiger partial charge in [0.1, 0.15) is 19.3 Å². The number of phosphoric acid groups is 2. The van der Waals surface area contributed by atoms with E-state index in [2.05, 4.69) is 27.7 Å². The largest absolute Gasteiger partial charge is 0.472 e. The van der Waals surface area contributed by atoms with E-state index in [0.29, 0.717) is 25.7 Å². The Labute approximate surface area is 613 Å². The molecule has 100 heavy (non-hydrogen) atoms. The van der Waals surface area contributed by atoms with Crippen LogP contribution in [0.5, 0.6) is 0 Å². The zero-order chi connectivity index (χ0) is 73.2. The Morgan fingerprint density at radius 2 is 0.400 bits per heavy atom. The van der Waals surface area contributed by atoms with Crippen molar-refractivity contribution in [3.8, 4) is 0 Å². The van der Waals surface area contributed by atoms with Crippen molar-refractivity contribution in [3.05, 3.63) is 0 Å². The topological polar surface area (TPSA) is 237 Å². The summed E-state index contributed by atoms with van der Waals surface area (Å²) in [6.07, 6.45) is 67.9. The lowest BCUT2D eigenvalue weighted by atomic mass is 10.0. The van der Waals surface area contributed by atoms with Gasteiger partial charge in [-0.1, -0.05) is 387 Å². The van der Waals surface area contributed by atoms with E-state index in [-0.39, 0.29) is 25.7 Å². The molecule has 0 amide bonds. The number of phosphoric ester groups is 2. The number of carbonyl (C=O) groups excluding carboxylic acids is 4. The summed E-state index contributed by atoms with van der Waals surface area (Å²) in [6, 6.07) is 0. The van der Waals surface area contributed by atoms with Gasteiger partial charge in [0.25, 0.3) is 0 Å². The fraction of sp³-hybridized carbons (Fsp3) is 0.951. The third-order valence-electron chi connectivity index (χ3n) is 19.1. The molecule has 0 bridgehead atoms. The molecule has 0 aromatic heterocycles. The molecular weight excluding hydrogens is 1310 g/mol. The maximum Gasteiger partial charge on any atom is 0.472 e. The van der Waals surface area contributed by atoms with Gasteiger partial charge in [0.2, 0.25) is 0 Å². The lowest BCUT2D eigenvalue weighted by Gasteiger charge is -2.21. The third kappa shape index (κ3) is 74.3. The molecule has 0 spiro atoms. The summed E-state index contributed by atoms with van der Waals surface area (Å²) in [5, 5.41) is 10.6. The van der Waals surface area contributed by atoms with Crippen molar-refractivity contribution in [2.75, 3.05) is 39.6 Å². The van der Waals surface area contributed by atoms with Crippen LogP contribution in [0, 0.1) is 0 Å². The van der Waals surface area contributed by atoms with Crippen LogP contribution in [0.25, 0.3) is 0 Å². The summed E-state index contributed by atoms with van der Waals surface area (Å²) < 4.78 is 68.7. The van der Waals surface area contributed by atoms with Gasteiger partial charge in [-0.3, -0.25) is 37.3 Å². The van der Waals surface area contributed by atoms with Crippen LogP contribution in [0.4, 0.5) is 0 Å². The van der Waals surface area contributed by atoms with Crippen LogP contribution in [-0.4, -0.2) is 96.7 Å². The van der Waals surface area contributed by atoms with Crippen molar-refractivity contribution in [1.29, 1.82) is 0 Å². The van der Waals surface area contributed by atoms with Gasteiger partial charge in [-0.25, -0.2) is 9.13 Å². The number of carbonyl (C=O) groups is 4. The molecule has 0 rings (SSSR count). The molecule has 0 fully saturated rings. The predicted molar refractivity (Wildman–Crippen MR) is 409 cm³/mol. The average Bonchev–Trinajstić information content (AvgIpc) is 0.934. The Hall–Kier alpha value is -1.94. The highest BCUT2D eigenvalue weighted by Gasteiger charge is 2.30. The van der Waals surface area contributed by atoms with Crippen LogP contribution >= 0.6 is 15.6 Å². The molecule has 2 unspecified atom stereocenters. The van der Waals surface area contributed by atoms with E-state index in [9.17, 15) is 43.2 Å². The number of esters is 4. The molecular formula is C81H158O17P2. The first kappa shape index (κ1) is 98.1. The predicted octanol–water partition coefficient (Wildman–Crippen LogP) is 24.6. The number of hydrogen-bond donors (Lipinski definition) is 3. The fourth-order valence-electron chi connectivity index (χ4n) is 12.6. The molecule has 0 saturated carbocycles. The first-order chi connectivity index (χ1) is 48.7. The van der Waals surface area contributed by atoms with Gasteiger partial charge in [-0.2, -0.15) is 0 Å². The standard InChI is InChI=1S/C81H158O17P2/c1-5-9-13-17-21-25-29-33-35-36-37-38-39-40-41-44-48-52-56-60-64-68-81(86)98-77(72-92-79(84)66-62-58-54-50-46-43-34-30-26-22-18-14-10-6-2)74-96-100(89,90)94-70-75(82)69-93-99(87,88)95-73-76(71-91-78(83)65-61-57-53-49-45-32-28-24-20-16-12-8-4)97-80(85)67-63-59-55-51-47-42-31-27-23-19-15-11-7-3/h75-77,82H,5-74H2,1-4H3,(H,87,88)(H,89,90)/t75-,76+,77+/m0/s1. The summed E-state index contributed by atoms with van der Waals surface area (Å²) >= 11 is 0. The Balaban J connectivity index is 5.22. The average molecular weight is 1470 g/mol. The van der Waals surface area contributed by atoms with E-state index in [1.807, 2.05) is 0 Å². The summed E-state index contributed by atoms with van der Waals surface area (Å²) in [7, 11) is -9.92. The number of unbranched alkanes of at least 4 members (excludes halogenated alkanes) is 56. The second-order valence-corrected chi connectivity index (χ2v) is 32.1. The second-order valence-electron chi connectivity index (χ2n) is 29.2. The number of aliphatic hydroxyl groups excluding tert-OH is 1. The summed E-state index contributed by atoms with van der Waals surface area (Å²) in [5.41, 5.74) is 0. The van der Waals surface area contributed by atoms with E-state index in [0.717, 1.165) is 89.9 Å². The molecule has 5 atom stereocenters. The summed E-state index contributed by atoms with van der Waals surface area (Å²) in [6.45, 7) is 5.03. The molecule has 19 heteroatoms. The van der Waals surface area contributed by atoms with E-state index < -0.39 is 97.5 Å². The number of rotatable bonds is 82.